The first-order chi connectivity index (χ1) is 12.1. The summed E-state index contributed by atoms with van der Waals surface area (Å²) in [6.07, 6.45) is 2.66. The summed E-state index contributed by atoms with van der Waals surface area (Å²) in [5.41, 5.74) is 2.14. The minimum atomic E-state index is -0.743. The largest absolute Gasteiger partial charge is 0.494 e. The highest BCUT2D eigenvalue weighted by molar-refractivity contribution is 9.10. The molecule has 4 nitrogen and oxygen atoms in total. The number of hydrogen-bond acceptors (Lipinski definition) is 4. The first-order valence-corrected chi connectivity index (χ1v) is 10.3. The molecule has 2 heterocycles. The Morgan fingerprint density at radius 2 is 2.28 bits per heavy atom. The van der Waals surface area contributed by atoms with Crippen LogP contribution in [0.4, 0.5) is 0 Å². The normalized spacial score (nSPS) is 19.5. The number of ether oxygens (including phenoxy) is 1. The summed E-state index contributed by atoms with van der Waals surface area (Å²) in [4.78, 5) is 14.0. The molecule has 25 heavy (non-hydrogen) atoms. The molecule has 0 aliphatic carbocycles. The lowest BCUT2D eigenvalue weighted by molar-refractivity contribution is -0.145. The smallest absolute Gasteiger partial charge is 0.320 e. The average Bonchev–Trinajstić information content (AvgIpc) is 3.12. The van der Waals surface area contributed by atoms with Gasteiger partial charge in [-0.1, -0.05) is 22.4 Å². The van der Waals surface area contributed by atoms with Crippen molar-refractivity contribution < 1.29 is 14.6 Å². The monoisotopic (exact) mass is 423 g/mol. The number of halogens is 1. The van der Waals surface area contributed by atoms with E-state index in [2.05, 4.69) is 38.3 Å². The summed E-state index contributed by atoms with van der Waals surface area (Å²) in [7, 11) is 0. The van der Waals surface area contributed by atoms with Gasteiger partial charge in [0.1, 0.15) is 11.8 Å². The second-order valence-corrected chi connectivity index (χ2v) is 7.86. The van der Waals surface area contributed by atoms with Crippen LogP contribution >= 0.6 is 27.3 Å². The summed E-state index contributed by atoms with van der Waals surface area (Å²) in [6, 6.07) is 7.48. The van der Waals surface area contributed by atoms with Gasteiger partial charge < -0.3 is 9.84 Å². The van der Waals surface area contributed by atoms with Crippen LogP contribution < -0.4 is 4.74 Å². The van der Waals surface area contributed by atoms with Gasteiger partial charge in [-0.15, -0.1) is 0 Å². The van der Waals surface area contributed by atoms with Gasteiger partial charge in [0.15, 0.2) is 0 Å². The van der Waals surface area contributed by atoms with Crippen molar-refractivity contribution in [2.75, 3.05) is 13.2 Å². The van der Waals surface area contributed by atoms with Gasteiger partial charge in [0, 0.05) is 10.0 Å². The van der Waals surface area contributed by atoms with Crippen molar-refractivity contribution in [2.45, 2.75) is 38.3 Å². The van der Waals surface area contributed by atoms with Crippen LogP contribution in [0.5, 0.6) is 5.75 Å². The Balaban J connectivity index is 2.10. The number of nitrogens with zero attached hydrogens (tertiary/aromatic N) is 1. The van der Waals surface area contributed by atoms with Crippen LogP contribution in [0, 0.1) is 0 Å². The minimum Gasteiger partial charge on any atom is -0.494 e. The van der Waals surface area contributed by atoms with Gasteiger partial charge in [0.2, 0.25) is 0 Å². The van der Waals surface area contributed by atoms with Gasteiger partial charge >= 0.3 is 5.97 Å². The van der Waals surface area contributed by atoms with E-state index in [1.165, 1.54) is 0 Å². The van der Waals surface area contributed by atoms with Crippen molar-refractivity contribution in [3.63, 3.8) is 0 Å². The number of rotatable bonds is 6. The zero-order chi connectivity index (χ0) is 17.8. The second-order valence-electron chi connectivity index (χ2n) is 6.16. The van der Waals surface area contributed by atoms with Gasteiger partial charge in [-0.3, -0.25) is 9.69 Å². The molecule has 1 saturated heterocycles. The molecule has 1 aliphatic heterocycles. The Bertz CT molecular complexity index is 719. The highest BCUT2D eigenvalue weighted by Crippen LogP contribution is 2.40. The van der Waals surface area contributed by atoms with Crippen LogP contribution in [-0.2, 0) is 4.79 Å². The third-order valence-electron chi connectivity index (χ3n) is 4.59. The predicted molar refractivity (Wildman–Crippen MR) is 103 cm³/mol. The first kappa shape index (κ1) is 18.4. The Labute approximate surface area is 160 Å². The van der Waals surface area contributed by atoms with Crippen LogP contribution in [0.2, 0.25) is 0 Å². The summed E-state index contributed by atoms with van der Waals surface area (Å²) < 4.78 is 6.83. The van der Waals surface area contributed by atoms with Crippen molar-refractivity contribution in [3.05, 3.63) is 50.6 Å². The van der Waals surface area contributed by atoms with E-state index >= 15 is 0 Å². The molecule has 1 aliphatic rings. The molecular formula is C19H22BrNO3S. The summed E-state index contributed by atoms with van der Waals surface area (Å²) in [5, 5.41) is 13.9. The fraction of sp³-hybridized carbons (Fsp3) is 0.421. The number of likely N-dealkylation sites (tertiary alicyclic amines) is 1. The predicted octanol–water partition coefficient (Wildman–Crippen LogP) is 4.94. The van der Waals surface area contributed by atoms with Gasteiger partial charge in [0.05, 0.1) is 12.6 Å². The lowest BCUT2D eigenvalue weighted by atomic mass is 9.92. The molecule has 1 aromatic carbocycles. The zero-order valence-electron chi connectivity index (χ0n) is 14.2. The maximum absolute atomic E-state index is 11.9. The van der Waals surface area contributed by atoms with Crippen LogP contribution in [0.15, 0.2) is 39.5 Å². The number of carboxylic acid groups (broad SMARTS) is 1. The fourth-order valence-electron chi connectivity index (χ4n) is 3.53. The molecule has 0 bridgehead atoms. The molecule has 2 unspecified atom stereocenters. The minimum absolute atomic E-state index is 0.119. The molecular weight excluding hydrogens is 402 g/mol. The van der Waals surface area contributed by atoms with E-state index in [1.807, 2.05) is 24.4 Å². The number of piperidine rings is 1. The Hall–Kier alpha value is -1.37. The van der Waals surface area contributed by atoms with E-state index in [0.29, 0.717) is 13.0 Å². The van der Waals surface area contributed by atoms with Crippen LogP contribution in [-0.4, -0.2) is 35.2 Å². The summed E-state index contributed by atoms with van der Waals surface area (Å²) >= 11 is 5.19. The molecule has 1 aromatic heterocycles. The Kier molecular flexibility index (Phi) is 6.15. The second kappa shape index (κ2) is 8.34. The third kappa shape index (κ3) is 4.07. The standard InChI is InChI=1S/C19H22BrNO3S/c1-2-24-17-7-6-14(20)11-15(17)18(13-8-10-25-12-13)21-9-4-3-5-16(21)19(22)23/h6-8,10-12,16,18H,2-5,9H2,1H3,(H,22,23). The van der Waals surface area contributed by atoms with Crippen LogP contribution in [0.3, 0.4) is 0 Å². The number of carboxylic acids is 1. The molecule has 134 valence electrons. The highest BCUT2D eigenvalue weighted by atomic mass is 79.9. The van der Waals surface area contributed by atoms with E-state index in [1.54, 1.807) is 11.3 Å². The summed E-state index contributed by atoms with van der Waals surface area (Å²) in [5.74, 6) is 0.0736. The van der Waals surface area contributed by atoms with Gasteiger partial charge in [-0.05, 0) is 66.9 Å². The SMILES string of the molecule is CCOc1ccc(Br)cc1C(c1ccsc1)N1CCCCC1C(=O)O. The van der Waals surface area contributed by atoms with E-state index in [0.717, 1.165) is 40.7 Å². The van der Waals surface area contributed by atoms with Crippen LogP contribution in [0.1, 0.15) is 43.4 Å². The average molecular weight is 424 g/mol. The first-order valence-electron chi connectivity index (χ1n) is 8.54. The van der Waals surface area contributed by atoms with E-state index < -0.39 is 12.0 Å². The number of thiophene rings is 1. The molecule has 1 N–H and O–H groups in total. The number of carbonyl (C=O) groups is 1. The molecule has 0 saturated carbocycles. The molecule has 3 rings (SSSR count). The van der Waals surface area contributed by atoms with Gasteiger partial charge in [0.25, 0.3) is 0 Å². The van der Waals surface area contributed by atoms with Crippen LogP contribution in [0.25, 0.3) is 0 Å². The fourth-order valence-corrected chi connectivity index (χ4v) is 4.59. The third-order valence-corrected chi connectivity index (χ3v) is 5.78. The lowest BCUT2D eigenvalue weighted by Crippen LogP contribution is -2.46. The number of hydrogen-bond donors (Lipinski definition) is 1. The molecule has 6 heteroatoms. The number of aliphatic carboxylic acids is 1. The number of benzene rings is 1. The Morgan fingerprint density at radius 1 is 1.44 bits per heavy atom. The molecule has 0 amide bonds. The van der Waals surface area contributed by atoms with Gasteiger partial charge in [-0.25, -0.2) is 0 Å². The maximum atomic E-state index is 11.9. The lowest BCUT2D eigenvalue weighted by Gasteiger charge is -2.39. The zero-order valence-corrected chi connectivity index (χ0v) is 16.6. The van der Waals surface area contributed by atoms with E-state index in [4.69, 9.17) is 4.74 Å². The van der Waals surface area contributed by atoms with Gasteiger partial charge in [-0.2, -0.15) is 11.3 Å². The maximum Gasteiger partial charge on any atom is 0.320 e. The quantitative estimate of drug-likeness (QED) is 0.714. The molecule has 2 aromatic rings. The molecule has 2 atom stereocenters. The molecule has 0 radical (unpaired) electrons. The highest BCUT2D eigenvalue weighted by Gasteiger charge is 2.36. The van der Waals surface area contributed by atoms with Crippen molar-refractivity contribution in [1.29, 1.82) is 0 Å². The van der Waals surface area contributed by atoms with Crippen molar-refractivity contribution in [2.24, 2.45) is 0 Å². The van der Waals surface area contributed by atoms with E-state index in [-0.39, 0.29) is 6.04 Å². The van der Waals surface area contributed by atoms with Crippen molar-refractivity contribution in [3.8, 4) is 5.75 Å². The van der Waals surface area contributed by atoms with E-state index in [9.17, 15) is 9.90 Å². The van der Waals surface area contributed by atoms with Crippen molar-refractivity contribution >= 4 is 33.2 Å². The topological polar surface area (TPSA) is 49.8 Å². The molecule has 0 spiro atoms. The Morgan fingerprint density at radius 3 is 2.96 bits per heavy atom. The molecule has 1 fully saturated rings. The van der Waals surface area contributed by atoms with Crippen molar-refractivity contribution in [1.82, 2.24) is 4.90 Å². The summed E-state index contributed by atoms with van der Waals surface area (Å²) in [6.45, 7) is 3.31.